The van der Waals surface area contributed by atoms with Crippen molar-refractivity contribution in [1.29, 1.82) is 0 Å². The first-order valence-electron chi connectivity index (χ1n) is 5.82. The van der Waals surface area contributed by atoms with Gasteiger partial charge in [0, 0.05) is 18.3 Å². The Morgan fingerprint density at radius 2 is 1.94 bits per heavy atom. The highest BCUT2D eigenvalue weighted by Crippen LogP contribution is 2.13. The number of nitrogens with two attached hydrogens (primary N) is 1. The van der Waals surface area contributed by atoms with Gasteiger partial charge in [-0.2, -0.15) is 0 Å². The van der Waals surface area contributed by atoms with Crippen molar-refractivity contribution in [1.82, 2.24) is 4.90 Å². The van der Waals surface area contributed by atoms with Crippen molar-refractivity contribution in [3.63, 3.8) is 0 Å². The van der Waals surface area contributed by atoms with Gasteiger partial charge in [-0.3, -0.25) is 0 Å². The lowest BCUT2D eigenvalue weighted by Gasteiger charge is -2.23. The van der Waals surface area contributed by atoms with Crippen molar-refractivity contribution >= 4 is 5.69 Å². The Hall–Kier alpha value is -1.22. The molecule has 0 spiro atoms. The van der Waals surface area contributed by atoms with Crippen LogP contribution in [0.5, 0.6) is 5.75 Å². The lowest BCUT2D eigenvalue weighted by Crippen LogP contribution is -2.32. The molecular weight excluding hydrogens is 200 g/mol. The molecule has 1 unspecified atom stereocenters. The summed E-state index contributed by atoms with van der Waals surface area (Å²) in [5.74, 6) is 0.881. The SMILES string of the molecule is CCC(C)N(C)CCOc1ccc(N)cc1. The van der Waals surface area contributed by atoms with Gasteiger partial charge in [-0.1, -0.05) is 6.92 Å². The fourth-order valence-electron chi connectivity index (χ4n) is 1.40. The first kappa shape index (κ1) is 12.8. The van der Waals surface area contributed by atoms with Gasteiger partial charge in [-0.15, -0.1) is 0 Å². The molecule has 0 saturated heterocycles. The number of hydrogen-bond acceptors (Lipinski definition) is 3. The summed E-state index contributed by atoms with van der Waals surface area (Å²) in [5.41, 5.74) is 6.37. The van der Waals surface area contributed by atoms with Gasteiger partial charge in [-0.05, 0) is 44.7 Å². The van der Waals surface area contributed by atoms with E-state index in [-0.39, 0.29) is 0 Å². The largest absolute Gasteiger partial charge is 0.492 e. The summed E-state index contributed by atoms with van der Waals surface area (Å²) in [5, 5.41) is 0. The monoisotopic (exact) mass is 222 g/mol. The normalized spacial score (nSPS) is 12.8. The van der Waals surface area contributed by atoms with Crippen molar-refractivity contribution in [2.24, 2.45) is 0 Å². The fourth-order valence-corrected chi connectivity index (χ4v) is 1.40. The number of nitrogens with zero attached hydrogens (tertiary/aromatic N) is 1. The number of ether oxygens (including phenoxy) is 1. The number of nitrogen functional groups attached to an aromatic ring is 1. The quantitative estimate of drug-likeness (QED) is 0.751. The maximum atomic E-state index is 5.63. The molecule has 0 radical (unpaired) electrons. The second-order valence-electron chi connectivity index (χ2n) is 4.16. The van der Waals surface area contributed by atoms with E-state index in [1.165, 1.54) is 6.42 Å². The molecule has 0 fully saturated rings. The van der Waals surface area contributed by atoms with E-state index in [4.69, 9.17) is 10.5 Å². The first-order chi connectivity index (χ1) is 7.63. The zero-order chi connectivity index (χ0) is 12.0. The summed E-state index contributed by atoms with van der Waals surface area (Å²) in [7, 11) is 2.13. The molecule has 0 heterocycles. The highest BCUT2D eigenvalue weighted by atomic mass is 16.5. The van der Waals surface area contributed by atoms with Crippen molar-refractivity contribution in [2.75, 3.05) is 25.9 Å². The van der Waals surface area contributed by atoms with Crippen molar-refractivity contribution in [3.8, 4) is 5.75 Å². The Kier molecular flexibility index (Phi) is 5.12. The molecule has 16 heavy (non-hydrogen) atoms. The van der Waals surface area contributed by atoms with E-state index in [9.17, 15) is 0 Å². The minimum atomic E-state index is 0.606. The van der Waals surface area contributed by atoms with Gasteiger partial charge in [-0.25, -0.2) is 0 Å². The predicted octanol–water partition coefficient (Wildman–Crippen LogP) is 2.38. The van der Waals surface area contributed by atoms with Gasteiger partial charge in [0.25, 0.3) is 0 Å². The van der Waals surface area contributed by atoms with Crippen LogP contribution < -0.4 is 10.5 Å². The van der Waals surface area contributed by atoms with Crippen LogP contribution in [-0.2, 0) is 0 Å². The predicted molar refractivity (Wildman–Crippen MR) is 68.7 cm³/mol. The molecule has 0 aromatic heterocycles. The average molecular weight is 222 g/mol. The van der Waals surface area contributed by atoms with E-state index in [1.54, 1.807) is 0 Å². The third kappa shape index (κ3) is 4.11. The van der Waals surface area contributed by atoms with Crippen LogP contribution in [0.1, 0.15) is 20.3 Å². The van der Waals surface area contributed by atoms with Crippen LogP contribution in [0, 0.1) is 0 Å². The third-order valence-corrected chi connectivity index (χ3v) is 2.94. The molecule has 1 aromatic rings. The zero-order valence-electron chi connectivity index (χ0n) is 10.4. The average Bonchev–Trinajstić information content (AvgIpc) is 2.30. The van der Waals surface area contributed by atoms with Crippen LogP contribution in [0.15, 0.2) is 24.3 Å². The smallest absolute Gasteiger partial charge is 0.119 e. The molecule has 1 rings (SSSR count). The Morgan fingerprint density at radius 3 is 2.50 bits per heavy atom. The lowest BCUT2D eigenvalue weighted by molar-refractivity contribution is 0.196. The van der Waals surface area contributed by atoms with Crippen LogP contribution >= 0.6 is 0 Å². The first-order valence-corrected chi connectivity index (χ1v) is 5.82. The van der Waals surface area contributed by atoms with Gasteiger partial charge in [0.1, 0.15) is 12.4 Å². The molecule has 0 amide bonds. The minimum absolute atomic E-state index is 0.606. The van der Waals surface area contributed by atoms with Crippen molar-refractivity contribution in [2.45, 2.75) is 26.3 Å². The molecule has 0 bridgehead atoms. The Labute approximate surface area is 98.2 Å². The molecule has 1 aromatic carbocycles. The van der Waals surface area contributed by atoms with Crippen LogP contribution in [-0.4, -0.2) is 31.1 Å². The van der Waals surface area contributed by atoms with E-state index < -0.39 is 0 Å². The number of likely N-dealkylation sites (N-methyl/N-ethyl adjacent to an activating group) is 1. The highest BCUT2D eigenvalue weighted by molar-refractivity contribution is 5.41. The molecule has 1 atom stereocenters. The van der Waals surface area contributed by atoms with E-state index in [1.807, 2.05) is 24.3 Å². The standard InChI is InChI=1S/C13H22N2O/c1-4-11(2)15(3)9-10-16-13-7-5-12(14)6-8-13/h5-8,11H,4,9-10,14H2,1-3H3. The summed E-state index contributed by atoms with van der Waals surface area (Å²) >= 11 is 0. The third-order valence-electron chi connectivity index (χ3n) is 2.94. The molecular formula is C13H22N2O. The second-order valence-corrected chi connectivity index (χ2v) is 4.16. The maximum absolute atomic E-state index is 5.63. The molecule has 0 saturated carbocycles. The minimum Gasteiger partial charge on any atom is -0.492 e. The van der Waals surface area contributed by atoms with Crippen LogP contribution in [0.3, 0.4) is 0 Å². The molecule has 3 nitrogen and oxygen atoms in total. The molecule has 3 heteroatoms. The summed E-state index contributed by atoms with van der Waals surface area (Å²) < 4.78 is 5.63. The zero-order valence-corrected chi connectivity index (χ0v) is 10.4. The number of benzene rings is 1. The van der Waals surface area contributed by atoms with Crippen LogP contribution in [0.25, 0.3) is 0 Å². The molecule has 0 aliphatic rings. The van der Waals surface area contributed by atoms with E-state index in [0.717, 1.165) is 18.0 Å². The molecule has 2 N–H and O–H groups in total. The van der Waals surface area contributed by atoms with E-state index in [0.29, 0.717) is 12.6 Å². The topological polar surface area (TPSA) is 38.5 Å². The van der Waals surface area contributed by atoms with Crippen LogP contribution in [0.2, 0.25) is 0 Å². The summed E-state index contributed by atoms with van der Waals surface area (Å²) in [4.78, 5) is 2.30. The highest BCUT2D eigenvalue weighted by Gasteiger charge is 2.05. The van der Waals surface area contributed by atoms with E-state index in [2.05, 4.69) is 25.8 Å². The second kappa shape index (κ2) is 6.38. The Morgan fingerprint density at radius 1 is 1.31 bits per heavy atom. The molecule has 0 aliphatic heterocycles. The van der Waals surface area contributed by atoms with E-state index >= 15 is 0 Å². The van der Waals surface area contributed by atoms with Gasteiger partial charge in [0.15, 0.2) is 0 Å². The van der Waals surface area contributed by atoms with Crippen molar-refractivity contribution in [3.05, 3.63) is 24.3 Å². The van der Waals surface area contributed by atoms with Gasteiger partial charge >= 0.3 is 0 Å². The molecule has 90 valence electrons. The van der Waals surface area contributed by atoms with Gasteiger partial charge in [0.05, 0.1) is 0 Å². The number of rotatable bonds is 6. The van der Waals surface area contributed by atoms with Gasteiger partial charge < -0.3 is 15.4 Å². The molecule has 0 aliphatic carbocycles. The Balaban J connectivity index is 2.27. The number of hydrogen-bond donors (Lipinski definition) is 1. The lowest BCUT2D eigenvalue weighted by atomic mass is 10.2. The number of anilines is 1. The Bertz CT molecular complexity index is 297. The summed E-state index contributed by atoms with van der Waals surface area (Å²) in [6.07, 6.45) is 1.17. The van der Waals surface area contributed by atoms with Gasteiger partial charge in [0.2, 0.25) is 0 Å². The fraction of sp³-hybridized carbons (Fsp3) is 0.538. The van der Waals surface area contributed by atoms with Crippen molar-refractivity contribution < 1.29 is 4.74 Å². The summed E-state index contributed by atoms with van der Waals surface area (Å²) in [6.45, 7) is 6.08. The maximum Gasteiger partial charge on any atom is 0.119 e. The summed E-state index contributed by atoms with van der Waals surface area (Å²) in [6, 6.07) is 8.12. The van der Waals surface area contributed by atoms with Crippen LogP contribution in [0.4, 0.5) is 5.69 Å².